The Labute approximate surface area is 445 Å². The van der Waals surface area contributed by atoms with Gasteiger partial charge in [0.1, 0.15) is 11.1 Å². The van der Waals surface area contributed by atoms with Crippen LogP contribution in [0.4, 0.5) is 28.4 Å². The summed E-state index contributed by atoms with van der Waals surface area (Å²) < 4.78 is 9.15. The number of aliphatic hydroxyl groups is 1. The number of aliphatic hydroxyl groups excluding tert-OH is 1. The third kappa shape index (κ3) is 8.25. The standard InChI is InChI=1S/C59H68N10O6Si/c1-41-53(76(2,3)74)52(25-34-64-37-50(62-63-64)48(38-70)43-13-7-4-8-14-43)75-59(41)49-35-47(67-40-69(46-17-11-6-12-18-46)58(55(67)72)28-32-61-33-29-58)23-24-51(49)65(56(59)73)36-42-19-21-44(22-20-42)66-39-68(45-15-9-5-10-16-45)57(54(66)71)26-30-60-31-27-57/h4-24,35,37,41,48,52-53,60-61,70,74H,25-34,36,38-40H2,1-3H3/t41-,48?,52+,53-,59+/m1/s1. The molecule has 17 heteroatoms. The van der Waals surface area contributed by atoms with Crippen molar-refractivity contribution in [2.45, 2.75) is 99.5 Å². The lowest BCUT2D eigenvalue weighted by Crippen LogP contribution is -2.55. The number of anilines is 5. The molecule has 76 heavy (non-hydrogen) atoms. The fourth-order valence-electron chi connectivity index (χ4n) is 13.9. The van der Waals surface area contributed by atoms with Crippen LogP contribution in [0.1, 0.15) is 67.3 Å². The van der Waals surface area contributed by atoms with E-state index in [0.717, 1.165) is 54.4 Å². The van der Waals surface area contributed by atoms with Crippen molar-refractivity contribution in [2.24, 2.45) is 5.92 Å². The molecule has 0 saturated carbocycles. The van der Waals surface area contributed by atoms with Crippen molar-refractivity contribution in [2.75, 3.05) is 70.6 Å². The maximum atomic E-state index is 15.9. The summed E-state index contributed by atoms with van der Waals surface area (Å²) in [6, 6.07) is 44.0. The van der Waals surface area contributed by atoms with Crippen molar-refractivity contribution in [3.05, 3.63) is 162 Å². The number of nitrogens with zero attached hydrogens (tertiary/aromatic N) is 8. The van der Waals surface area contributed by atoms with E-state index in [1.807, 2.05) is 150 Å². The topological polar surface area (TPSA) is 172 Å². The van der Waals surface area contributed by atoms with Gasteiger partial charge < -0.3 is 40.0 Å². The summed E-state index contributed by atoms with van der Waals surface area (Å²) in [4.78, 5) is 68.0. The van der Waals surface area contributed by atoms with Crippen LogP contribution < -0.4 is 35.1 Å². The van der Waals surface area contributed by atoms with Crippen molar-refractivity contribution in [3.8, 4) is 0 Å². The molecule has 3 spiro atoms. The molecule has 5 atom stereocenters. The number of aromatic nitrogens is 3. The zero-order valence-corrected chi connectivity index (χ0v) is 44.6. The SMILES string of the molecule is C[C@@H]1[C@@H]([Si](C)(C)O)[C@H](CCn2cc(C(CO)c3ccccc3)nn2)O[C@@]12C(=O)N(Cc1ccc(N3CN(c4ccccc4)C4(CCNCC4)C3=O)cc1)c1ccc(N3CN(c4ccccc4)C4(CCNCC4)C3=O)cc12. The van der Waals surface area contributed by atoms with Gasteiger partial charge in [-0.3, -0.25) is 28.9 Å². The second-order valence-electron chi connectivity index (χ2n) is 22.3. The number of ether oxygens (including phenoxy) is 1. The van der Waals surface area contributed by atoms with Crippen LogP contribution in [-0.4, -0.2) is 114 Å². The van der Waals surface area contributed by atoms with E-state index in [1.165, 1.54) is 0 Å². The number of benzene rings is 5. The molecule has 4 N–H and O–H groups in total. The van der Waals surface area contributed by atoms with E-state index in [9.17, 15) is 14.7 Å². The predicted octanol–water partition coefficient (Wildman–Crippen LogP) is 6.70. The molecule has 5 fully saturated rings. The van der Waals surface area contributed by atoms with Gasteiger partial charge in [-0.1, -0.05) is 91.0 Å². The van der Waals surface area contributed by atoms with Gasteiger partial charge in [0.15, 0.2) is 13.9 Å². The molecule has 0 aliphatic carbocycles. The summed E-state index contributed by atoms with van der Waals surface area (Å²) in [7, 11) is -3.07. The number of para-hydroxylation sites is 2. The summed E-state index contributed by atoms with van der Waals surface area (Å²) in [5.74, 6) is -0.881. The number of piperidine rings is 2. The van der Waals surface area contributed by atoms with Crippen LogP contribution in [0, 0.1) is 5.92 Å². The van der Waals surface area contributed by atoms with Crippen LogP contribution in [-0.2, 0) is 37.8 Å². The van der Waals surface area contributed by atoms with E-state index in [1.54, 1.807) is 4.68 Å². The molecule has 7 heterocycles. The van der Waals surface area contributed by atoms with Gasteiger partial charge >= 0.3 is 0 Å². The maximum Gasteiger partial charge on any atom is 0.264 e. The van der Waals surface area contributed by atoms with E-state index < -0.39 is 37.0 Å². The monoisotopic (exact) mass is 1040 g/mol. The first-order valence-corrected chi connectivity index (χ1v) is 30.1. The Morgan fingerprint density at radius 2 is 1.24 bits per heavy atom. The number of hydrogen-bond donors (Lipinski definition) is 4. The van der Waals surface area contributed by atoms with Crippen LogP contribution in [0.2, 0.25) is 18.6 Å². The van der Waals surface area contributed by atoms with Crippen molar-refractivity contribution in [1.29, 1.82) is 0 Å². The quantitative estimate of drug-likeness (QED) is 0.0904. The van der Waals surface area contributed by atoms with Crippen LogP contribution in [0.15, 0.2) is 140 Å². The van der Waals surface area contributed by atoms with Crippen molar-refractivity contribution < 1.29 is 29.0 Å². The van der Waals surface area contributed by atoms with Crippen LogP contribution in [0.5, 0.6) is 0 Å². The van der Waals surface area contributed by atoms with E-state index >= 15 is 9.59 Å². The molecule has 1 unspecified atom stereocenters. The lowest BCUT2D eigenvalue weighted by atomic mass is 9.82. The number of aryl methyl sites for hydroxylation is 1. The predicted molar refractivity (Wildman–Crippen MR) is 295 cm³/mol. The number of carbonyl (C=O) groups excluding carboxylic acids is 3. The molecule has 16 nitrogen and oxygen atoms in total. The third-order valence-electron chi connectivity index (χ3n) is 17.7. The van der Waals surface area contributed by atoms with Crippen molar-refractivity contribution in [3.63, 3.8) is 0 Å². The Hall–Kier alpha value is -6.73. The van der Waals surface area contributed by atoms with Crippen molar-refractivity contribution in [1.82, 2.24) is 25.6 Å². The Morgan fingerprint density at radius 3 is 1.79 bits per heavy atom. The molecule has 0 radical (unpaired) electrons. The lowest BCUT2D eigenvalue weighted by molar-refractivity contribution is -0.146. The number of amides is 3. The Balaban J connectivity index is 0.884. The van der Waals surface area contributed by atoms with Crippen molar-refractivity contribution >= 4 is 54.5 Å². The van der Waals surface area contributed by atoms with E-state index in [-0.39, 0.29) is 42.3 Å². The molecule has 5 saturated heterocycles. The molecule has 6 aliphatic rings. The normalized spacial score (nSPS) is 24.5. The minimum absolute atomic E-state index is 0.0329. The zero-order chi connectivity index (χ0) is 52.4. The van der Waals surface area contributed by atoms with Gasteiger partial charge in [0, 0.05) is 52.5 Å². The number of fused-ring (bicyclic) bond motifs is 2. The van der Waals surface area contributed by atoms with Crippen LogP contribution >= 0.6 is 0 Å². The first-order valence-electron chi connectivity index (χ1n) is 27.1. The van der Waals surface area contributed by atoms with Gasteiger partial charge in [-0.15, -0.1) is 5.10 Å². The summed E-state index contributed by atoms with van der Waals surface area (Å²) in [6.45, 7) is 10.2. The van der Waals surface area contributed by atoms with Gasteiger partial charge in [-0.05, 0) is 137 Å². The number of nitrogens with one attached hydrogen (secondary N) is 2. The molecule has 394 valence electrons. The maximum absolute atomic E-state index is 15.9. The van der Waals surface area contributed by atoms with E-state index in [0.29, 0.717) is 74.6 Å². The molecule has 12 rings (SSSR count). The van der Waals surface area contributed by atoms with Crippen LogP contribution in [0.3, 0.4) is 0 Å². The highest BCUT2D eigenvalue weighted by Gasteiger charge is 2.66. The second-order valence-corrected chi connectivity index (χ2v) is 26.3. The van der Waals surface area contributed by atoms with Crippen LogP contribution in [0.25, 0.3) is 0 Å². The minimum atomic E-state index is -3.07. The average molecular weight is 1040 g/mol. The number of carbonyl (C=O) groups is 3. The molecular formula is C59H68N10O6Si. The molecule has 6 aromatic rings. The fourth-order valence-corrected chi connectivity index (χ4v) is 16.5. The minimum Gasteiger partial charge on any atom is -0.432 e. The third-order valence-corrected chi connectivity index (χ3v) is 20.2. The largest absolute Gasteiger partial charge is 0.432 e. The smallest absolute Gasteiger partial charge is 0.264 e. The molecule has 5 aromatic carbocycles. The van der Waals surface area contributed by atoms with Gasteiger partial charge in [-0.25, -0.2) is 0 Å². The highest BCUT2D eigenvalue weighted by molar-refractivity contribution is 6.71. The fraction of sp³-hybridized carbons (Fsp3) is 0.407. The van der Waals surface area contributed by atoms with Gasteiger partial charge in [-0.2, -0.15) is 0 Å². The zero-order valence-electron chi connectivity index (χ0n) is 43.6. The highest BCUT2D eigenvalue weighted by atomic mass is 28.4. The first kappa shape index (κ1) is 50.1. The highest BCUT2D eigenvalue weighted by Crippen LogP contribution is 2.60. The average Bonchev–Trinajstić information content (AvgIpc) is 4.43. The number of rotatable bonds is 13. The summed E-state index contributed by atoms with van der Waals surface area (Å²) >= 11 is 0. The van der Waals surface area contributed by atoms with E-state index in [4.69, 9.17) is 4.74 Å². The Bertz CT molecular complexity index is 3090. The molecule has 6 aliphatic heterocycles. The molecular weight excluding hydrogens is 973 g/mol. The number of hydrogen-bond acceptors (Lipinski definition) is 12. The molecule has 0 bridgehead atoms. The second kappa shape index (κ2) is 19.7. The van der Waals surface area contributed by atoms with Gasteiger partial charge in [0.05, 0.1) is 49.9 Å². The molecule has 1 aromatic heterocycles. The summed E-state index contributed by atoms with van der Waals surface area (Å²) in [6.07, 6.45) is 4.51. The van der Waals surface area contributed by atoms with Gasteiger partial charge in [0.2, 0.25) is 0 Å². The first-order chi connectivity index (χ1) is 36.9. The summed E-state index contributed by atoms with van der Waals surface area (Å²) in [5, 5.41) is 26.3. The lowest BCUT2D eigenvalue weighted by Gasteiger charge is -2.39. The summed E-state index contributed by atoms with van der Waals surface area (Å²) in [5.41, 5.74) is 4.12. The molecule has 3 amide bonds. The Morgan fingerprint density at radius 1 is 0.697 bits per heavy atom. The van der Waals surface area contributed by atoms with Gasteiger partial charge in [0.25, 0.3) is 17.7 Å². The van der Waals surface area contributed by atoms with E-state index in [2.05, 4.69) is 55.0 Å². The Kier molecular flexibility index (Phi) is 13.0.